The molecule has 0 radical (unpaired) electrons. The van der Waals surface area contributed by atoms with Gasteiger partial charge in [-0.05, 0) is 28.8 Å². The topological polar surface area (TPSA) is 93.0 Å². The molecule has 9 nitrogen and oxygen atoms in total. The average molecular weight is 812 g/mol. The van der Waals surface area contributed by atoms with Crippen LogP contribution in [0, 0.1) is 23.3 Å². The van der Waals surface area contributed by atoms with Gasteiger partial charge in [-0.2, -0.15) is 0 Å². The van der Waals surface area contributed by atoms with Crippen LogP contribution in [0.25, 0.3) is 43.6 Å². The molecule has 11 rings (SSSR count). The van der Waals surface area contributed by atoms with E-state index in [-0.39, 0.29) is 75.6 Å². The smallest absolute Gasteiger partial charge is 0.259 e. The van der Waals surface area contributed by atoms with Crippen molar-refractivity contribution in [3.63, 3.8) is 0 Å². The highest BCUT2D eigenvalue weighted by atomic mass is 19.2. The Balaban J connectivity index is 1.25. The molecular formula is C47H33F4N3O6. The lowest BCUT2D eigenvalue weighted by Crippen LogP contribution is -2.56. The minimum absolute atomic E-state index is 0.0396. The lowest BCUT2D eigenvalue weighted by Gasteiger charge is -2.49. The van der Waals surface area contributed by atoms with Gasteiger partial charge >= 0.3 is 0 Å². The highest BCUT2D eigenvalue weighted by Crippen LogP contribution is 2.53. The third-order valence-corrected chi connectivity index (χ3v) is 11.9. The number of aromatic nitrogens is 2. The number of rotatable bonds is 10. The Hall–Kier alpha value is -6.38. The number of carbonyl (C=O) groups is 2. The van der Waals surface area contributed by atoms with Crippen LogP contribution in [0.5, 0.6) is 0 Å². The third-order valence-electron chi connectivity index (χ3n) is 11.9. The number of halogens is 4. The zero-order chi connectivity index (χ0) is 40.8. The van der Waals surface area contributed by atoms with Crippen molar-refractivity contribution in [2.75, 3.05) is 6.61 Å². The Morgan fingerprint density at radius 3 is 1.55 bits per heavy atom. The van der Waals surface area contributed by atoms with Crippen molar-refractivity contribution in [1.29, 1.82) is 0 Å². The number of fused-ring (bicyclic) bond motifs is 14. The molecule has 2 amide bonds. The number of nitrogens with zero attached hydrogens (tertiary/aromatic N) is 2. The van der Waals surface area contributed by atoms with Crippen molar-refractivity contribution < 1.29 is 46.1 Å². The number of benzene rings is 6. The van der Waals surface area contributed by atoms with Crippen LogP contribution in [0.4, 0.5) is 17.6 Å². The summed E-state index contributed by atoms with van der Waals surface area (Å²) in [5.74, 6) is -6.23. The number of imide groups is 1. The second-order valence-electron chi connectivity index (χ2n) is 15.4. The van der Waals surface area contributed by atoms with Crippen LogP contribution >= 0.6 is 0 Å². The highest BCUT2D eigenvalue weighted by Gasteiger charge is 2.53. The van der Waals surface area contributed by atoms with E-state index in [0.717, 1.165) is 41.0 Å². The lowest BCUT2D eigenvalue weighted by molar-refractivity contribution is -0.258. The molecule has 8 aromatic rings. The fourth-order valence-corrected chi connectivity index (χ4v) is 9.42. The summed E-state index contributed by atoms with van der Waals surface area (Å²) in [6.45, 7) is 0.344. The van der Waals surface area contributed by atoms with Gasteiger partial charge in [0.2, 0.25) is 0 Å². The Kier molecular flexibility index (Phi) is 8.64. The zero-order valence-corrected chi connectivity index (χ0v) is 31.5. The van der Waals surface area contributed by atoms with Gasteiger partial charge in [-0.3, -0.25) is 14.9 Å². The molecule has 13 heteroatoms. The van der Waals surface area contributed by atoms with Gasteiger partial charge < -0.3 is 28.1 Å². The van der Waals surface area contributed by atoms with E-state index >= 15 is 17.6 Å². The summed E-state index contributed by atoms with van der Waals surface area (Å²) in [5, 5.41) is 2.94. The lowest BCUT2D eigenvalue weighted by atomic mass is 9.92. The first-order valence-corrected chi connectivity index (χ1v) is 19.5. The van der Waals surface area contributed by atoms with Gasteiger partial charge in [-0.15, -0.1) is 0 Å². The monoisotopic (exact) mass is 811 g/mol. The highest BCUT2D eigenvalue weighted by molar-refractivity contribution is 6.39. The Labute approximate surface area is 338 Å². The number of amides is 2. The third kappa shape index (κ3) is 5.60. The van der Waals surface area contributed by atoms with E-state index in [2.05, 4.69) is 5.32 Å². The van der Waals surface area contributed by atoms with Gasteiger partial charge in [0, 0.05) is 33.7 Å². The molecule has 1 fully saturated rings. The van der Waals surface area contributed by atoms with Gasteiger partial charge in [0.05, 0.1) is 65.7 Å². The minimum Gasteiger partial charge on any atom is -0.374 e. The van der Waals surface area contributed by atoms with Crippen molar-refractivity contribution in [3.8, 4) is 0 Å². The van der Waals surface area contributed by atoms with E-state index in [1.54, 1.807) is 9.13 Å². The molecule has 1 saturated heterocycles. The van der Waals surface area contributed by atoms with Gasteiger partial charge in [0.15, 0.2) is 29.5 Å². The van der Waals surface area contributed by atoms with Crippen LogP contribution in [-0.4, -0.2) is 45.9 Å². The second-order valence-corrected chi connectivity index (χ2v) is 15.4. The largest absolute Gasteiger partial charge is 0.374 e. The maximum absolute atomic E-state index is 15.7. The second kappa shape index (κ2) is 14.1. The predicted octanol–water partition coefficient (Wildman–Crippen LogP) is 9.18. The normalized spacial score (nSPS) is 20.8. The maximum atomic E-state index is 15.7. The molecule has 6 aromatic carbocycles. The number of hydrogen-bond donors (Lipinski definition) is 1. The minimum atomic E-state index is -1.18. The quantitative estimate of drug-likeness (QED) is 0.109. The van der Waals surface area contributed by atoms with Gasteiger partial charge in [0.25, 0.3) is 11.8 Å². The molecule has 1 N–H and O–H groups in total. The first-order chi connectivity index (χ1) is 29.3. The molecule has 3 aliphatic rings. The summed E-state index contributed by atoms with van der Waals surface area (Å²) < 4.78 is 93.2. The van der Waals surface area contributed by atoms with E-state index in [9.17, 15) is 9.59 Å². The van der Waals surface area contributed by atoms with Crippen LogP contribution < -0.4 is 5.32 Å². The van der Waals surface area contributed by atoms with E-state index in [0.29, 0.717) is 5.52 Å². The van der Waals surface area contributed by atoms with Gasteiger partial charge in [-0.25, -0.2) is 17.6 Å². The van der Waals surface area contributed by atoms with Crippen LogP contribution in [0.2, 0.25) is 0 Å². The van der Waals surface area contributed by atoms with E-state index < -0.39 is 65.7 Å². The summed E-state index contributed by atoms with van der Waals surface area (Å²) in [4.78, 5) is 27.8. The summed E-state index contributed by atoms with van der Waals surface area (Å²) in [7, 11) is 0. The van der Waals surface area contributed by atoms with Gasteiger partial charge in [-0.1, -0.05) is 91.0 Å². The molecule has 3 aliphatic heterocycles. The predicted molar refractivity (Wildman–Crippen MR) is 213 cm³/mol. The number of nitrogens with one attached hydrogen (secondary N) is 1. The molecule has 0 saturated carbocycles. The zero-order valence-electron chi connectivity index (χ0n) is 31.5. The molecule has 3 unspecified atom stereocenters. The first kappa shape index (κ1) is 36.7. The average Bonchev–Trinajstić information content (AvgIpc) is 3.84. The van der Waals surface area contributed by atoms with E-state index in [1.807, 2.05) is 91.0 Å². The van der Waals surface area contributed by atoms with Crippen LogP contribution in [0.15, 0.2) is 115 Å². The Morgan fingerprint density at radius 1 is 0.567 bits per heavy atom. The standard InChI is InChI=1S/C47H33F4N3O6/c48-29-16-27-33(18-31(29)50)53-40-35(23-57-20-24-10-4-1-5-11-24)60-47(44(59-22-26-14-8-3-9-15-26)43(40)58-21-25-12-6-2-7-13-25)54-34-19-32(51)30(49)17-28(34)37-39-38(45(55)52-46(39)56)36(27)41(53)42(37)54/h1-19,35,40,43-44,47H,20-23H2,(H,52,55,56)/t35?,40-,43?,44?,47+/m0/s1. The molecule has 5 heterocycles. The summed E-state index contributed by atoms with van der Waals surface area (Å²) in [6, 6.07) is 31.6. The van der Waals surface area contributed by atoms with Crippen molar-refractivity contribution in [2.24, 2.45) is 0 Å². The molecule has 0 aliphatic carbocycles. The van der Waals surface area contributed by atoms with Crippen molar-refractivity contribution in [2.45, 2.75) is 50.4 Å². The van der Waals surface area contributed by atoms with Crippen molar-refractivity contribution in [3.05, 3.63) is 166 Å². The molecular weight excluding hydrogens is 779 g/mol. The van der Waals surface area contributed by atoms with Crippen molar-refractivity contribution in [1.82, 2.24) is 14.5 Å². The molecule has 5 atom stereocenters. The van der Waals surface area contributed by atoms with E-state index in [1.165, 1.54) is 0 Å². The summed E-state index contributed by atoms with van der Waals surface area (Å²) in [6.07, 6.45) is -4.01. The Bertz CT molecular complexity index is 3050. The summed E-state index contributed by atoms with van der Waals surface area (Å²) in [5.41, 5.74) is 3.23. The van der Waals surface area contributed by atoms with Crippen LogP contribution in [0.1, 0.15) is 49.7 Å². The summed E-state index contributed by atoms with van der Waals surface area (Å²) >= 11 is 0. The number of hydrogen-bond acceptors (Lipinski definition) is 6. The number of carbonyl (C=O) groups excluding carboxylic acids is 2. The molecule has 2 bridgehead atoms. The molecule has 300 valence electrons. The Morgan fingerprint density at radius 2 is 1.02 bits per heavy atom. The SMILES string of the molecule is O=C1NC(=O)c2c1c1c3cc(F)c(F)cc3n3c1c1c2c2cc(F)c(F)cc2n1[C@@H]1OC(COCc2ccccc2)[C@H]3C(OCc2ccccc2)C1OCc1ccccc1. The fourth-order valence-electron chi connectivity index (χ4n) is 9.42. The first-order valence-electron chi connectivity index (χ1n) is 19.5. The van der Waals surface area contributed by atoms with Crippen LogP contribution in [0.3, 0.4) is 0 Å². The molecule has 60 heavy (non-hydrogen) atoms. The number of ether oxygens (including phenoxy) is 4. The molecule has 0 spiro atoms. The van der Waals surface area contributed by atoms with E-state index in [4.69, 9.17) is 18.9 Å². The molecule has 2 aromatic heterocycles. The van der Waals surface area contributed by atoms with Crippen molar-refractivity contribution >= 4 is 55.4 Å². The van der Waals surface area contributed by atoms with Crippen LogP contribution in [-0.2, 0) is 38.8 Å². The maximum Gasteiger partial charge on any atom is 0.259 e. The van der Waals surface area contributed by atoms with Gasteiger partial charge in [0.1, 0.15) is 18.3 Å². The fraction of sp³-hybridized carbons (Fsp3) is 0.191.